The van der Waals surface area contributed by atoms with Gasteiger partial charge in [-0.25, -0.2) is 9.97 Å². The molecule has 0 saturated carbocycles. The SMILES string of the molecule is C=CCNC(=O)c1cc(C(C)C)nc(N2CCOCC2)n1. The van der Waals surface area contributed by atoms with Crippen molar-refractivity contribution < 1.29 is 9.53 Å². The molecule has 0 aromatic carbocycles. The van der Waals surface area contributed by atoms with Gasteiger partial charge in [0.15, 0.2) is 0 Å². The summed E-state index contributed by atoms with van der Waals surface area (Å²) in [6.45, 7) is 10.9. The number of aromatic nitrogens is 2. The van der Waals surface area contributed by atoms with E-state index >= 15 is 0 Å². The number of carbonyl (C=O) groups excluding carboxylic acids is 1. The van der Waals surface area contributed by atoms with Crippen molar-refractivity contribution in [3.05, 3.63) is 30.1 Å². The number of nitrogens with zero attached hydrogens (tertiary/aromatic N) is 3. The molecule has 1 aromatic rings. The van der Waals surface area contributed by atoms with Crippen molar-refractivity contribution in [1.82, 2.24) is 15.3 Å². The van der Waals surface area contributed by atoms with Crippen molar-refractivity contribution in [3.63, 3.8) is 0 Å². The van der Waals surface area contributed by atoms with Crippen LogP contribution < -0.4 is 10.2 Å². The fourth-order valence-corrected chi connectivity index (χ4v) is 2.03. The first kappa shape index (κ1) is 15.4. The maximum atomic E-state index is 12.1. The highest BCUT2D eigenvalue weighted by Gasteiger charge is 2.18. The van der Waals surface area contributed by atoms with Gasteiger partial charge in [0.25, 0.3) is 5.91 Å². The van der Waals surface area contributed by atoms with Gasteiger partial charge in [-0.15, -0.1) is 6.58 Å². The van der Waals surface area contributed by atoms with E-state index < -0.39 is 0 Å². The smallest absolute Gasteiger partial charge is 0.270 e. The Morgan fingerprint density at radius 1 is 1.48 bits per heavy atom. The van der Waals surface area contributed by atoms with Crippen LogP contribution in [0.3, 0.4) is 0 Å². The standard InChI is InChI=1S/C15H22N4O2/c1-4-5-16-14(20)13-10-12(11(2)3)17-15(18-13)19-6-8-21-9-7-19/h4,10-11H,1,5-9H2,2-3H3,(H,16,20). The summed E-state index contributed by atoms with van der Waals surface area (Å²) in [6, 6.07) is 1.76. The Kier molecular flexibility index (Phi) is 5.27. The normalized spacial score (nSPS) is 15.1. The molecule has 2 rings (SSSR count). The van der Waals surface area contributed by atoms with Crippen LogP contribution in [-0.4, -0.2) is 48.7 Å². The van der Waals surface area contributed by atoms with Crippen LogP contribution in [0.4, 0.5) is 5.95 Å². The Morgan fingerprint density at radius 2 is 2.19 bits per heavy atom. The number of rotatable bonds is 5. The van der Waals surface area contributed by atoms with Crippen LogP contribution in [0.5, 0.6) is 0 Å². The molecular weight excluding hydrogens is 268 g/mol. The van der Waals surface area contributed by atoms with E-state index in [1.54, 1.807) is 12.1 Å². The monoisotopic (exact) mass is 290 g/mol. The number of anilines is 1. The van der Waals surface area contributed by atoms with Crippen molar-refractivity contribution in [3.8, 4) is 0 Å². The summed E-state index contributed by atoms with van der Waals surface area (Å²) < 4.78 is 5.34. The van der Waals surface area contributed by atoms with E-state index in [4.69, 9.17) is 4.74 Å². The molecule has 1 aliphatic rings. The molecule has 0 atom stereocenters. The zero-order valence-electron chi connectivity index (χ0n) is 12.6. The second-order valence-electron chi connectivity index (χ2n) is 5.23. The summed E-state index contributed by atoms with van der Waals surface area (Å²) in [5.41, 5.74) is 1.27. The molecule has 0 spiro atoms. The summed E-state index contributed by atoms with van der Waals surface area (Å²) in [6.07, 6.45) is 1.64. The average Bonchev–Trinajstić information content (AvgIpc) is 2.53. The third kappa shape index (κ3) is 4.01. The van der Waals surface area contributed by atoms with Crippen LogP contribution in [0.25, 0.3) is 0 Å². The molecule has 0 radical (unpaired) electrons. The lowest BCUT2D eigenvalue weighted by molar-refractivity contribution is 0.0952. The zero-order chi connectivity index (χ0) is 15.2. The number of carbonyl (C=O) groups is 1. The number of ether oxygens (including phenoxy) is 1. The molecule has 1 N–H and O–H groups in total. The maximum Gasteiger partial charge on any atom is 0.270 e. The molecule has 1 amide bonds. The van der Waals surface area contributed by atoms with Crippen molar-refractivity contribution in [2.75, 3.05) is 37.7 Å². The van der Waals surface area contributed by atoms with E-state index in [-0.39, 0.29) is 11.8 Å². The Bertz CT molecular complexity index is 510. The highest BCUT2D eigenvalue weighted by molar-refractivity contribution is 5.92. The largest absolute Gasteiger partial charge is 0.378 e. The second kappa shape index (κ2) is 7.17. The Balaban J connectivity index is 2.29. The molecule has 21 heavy (non-hydrogen) atoms. The molecule has 1 aliphatic heterocycles. The number of hydrogen-bond acceptors (Lipinski definition) is 5. The van der Waals surface area contributed by atoms with E-state index in [0.29, 0.717) is 31.4 Å². The van der Waals surface area contributed by atoms with E-state index in [2.05, 4.69) is 40.6 Å². The average molecular weight is 290 g/mol. The summed E-state index contributed by atoms with van der Waals surface area (Å²) in [4.78, 5) is 23.2. The Hall–Kier alpha value is -1.95. The lowest BCUT2D eigenvalue weighted by atomic mass is 10.1. The number of nitrogens with one attached hydrogen (secondary N) is 1. The predicted molar refractivity (Wildman–Crippen MR) is 81.7 cm³/mol. The van der Waals surface area contributed by atoms with Crippen LogP contribution in [0, 0.1) is 0 Å². The van der Waals surface area contributed by atoms with Gasteiger partial charge < -0.3 is 15.0 Å². The van der Waals surface area contributed by atoms with Crippen LogP contribution in [0.1, 0.15) is 35.9 Å². The molecule has 1 saturated heterocycles. The van der Waals surface area contributed by atoms with Crippen LogP contribution in [0.15, 0.2) is 18.7 Å². The van der Waals surface area contributed by atoms with Gasteiger partial charge in [-0.05, 0) is 12.0 Å². The molecule has 0 aliphatic carbocycles. The number of morpholine rings is 1. The molecular formula is C15H22N4O2. The van der Waals surface area contributed by atoms with Gasteiger partial charge in [0, 0.05) is 25.3 Å². The quantitative estimate of drug-likeness (QED) is 0.829. The molecule has 6 nitrogen and oxygen atoms in total. The second-order valence-corrected chi connectivity index (χ2v) is 5.23. The van der Waals surface area contributed by atoms with Gasteiger partial charge in [-0.1, -0.05) is 19.9 Å². The maximum absolute atomic E-state index is 12.1. The minimum atomic E-state index is -0.200. The lowest BCUT2D eigenvalue weighted by Crippen LogP contribution is -2.38. The van der Waals surface area contributed by atoms with Crippen molar-refractivity contribution in [2.45, 2.75) is 19.8 Å². The molecule has 1 fully saturated rings. The van der Waals surface area contributed by atoms with Gasteiger partial charge in [0.05, 0.1) is 13.2 Å². The molecule has 0 bridgehead atoms. The van der Waals surface area contributed by atoms with Crippen LogP contribution in [0.2, 0.25) is 0 Å². The zero-order valence-corrected chi connectivity index (χ0v) is 12.6. The van der Waals surface area contributed by atoms with Crippen molar-refractivity contribution >= 4 is 11.9 Å². The van der Waals surface area contributed by atoms with E-state index in [0.717, 1.165) is 18.8 Å². The van der Waals surface area contributed by atoms with Gasteiger partial charge in [-0.3, -0.25) is 4.79 Å². The predicted octanol–water partition coefficient (Wildman–Crippen LogP) is 1.35. The number of amides is 1. The molecule has 1 aromatic heterocycles. The topological polar surface area (TPSA) is 67.4 Å². The Labute approximate surface area is 125 Å². The van der Waals surface area contributed by atoms with Gasteiger partial charge in [-0.2, -0.15) is 0 Å². The first-order chi connectivity index (χ1) is 10.1. The summed E-state index contributed by atoms with van der Waals surface area (Å²) >= 11 is 0. The van der Waals surface area contributed by atoms with Crippen molar-refractivity contribution in [1.29, 1.82) is 0 Å². The van der Waals surface area contributed by atoms with Crippen molar-refractivity contribution in [2.24, 2.45) is 0 Å². The van der Waals surface area contributed by atoms with E-state index in [1.807, 2.05) is 0 Å². The number of hydrogen-bond donors (Lipinski definition) is 1. The van der Waals surface area contributed by atoms with Gasteiger partial charge >= 0.3 is 0 Å². The molecule has 114 valence electrons. The van der Waals surface area contributed by atoms with Gasteiger partial charge in [0.1, 0.15) is 5.69 Å². The van der Waals surface area contributed by atoms with Gasteiger partial charge in [0.2, 0.25) is 5.95 Å². The third-order valence-electron chi connectivity index (χ3n) is 3.26. The Morgan fingerprint density at radius 3 is 2.81 bits per heavy atom. The summed E-state index contributed by atoms with van der Waals surface area (Å²) in [5, 5.41) is 2.75. The summed E-state index contributed by atoms with van der Waals surface area (Å²) in [5.74, 6) is 0.640. The molecule has 2 heterocycles. The minimum absolute atomic E-state index is 0.200. The van der Waals surface area contributed by atoms with E-state index in [1.165, 1.54) is 0 Å². The highest BCUT2D eigenvalue weighted by atomic mass is 16.5. The summed E-state index contributed by atoms with van der Waals surface area (Å²) in [7, 11) is 0. The van der Waals surface area contributed by atoms with E-state index in [9.17, 15) is 4.79 Å². The highest BCUT2D eigenvalue weighted by Crippen LogP contribution is 2.18. The van der Waals surface area contributed by atoms with Crippen LogP contribution >= 0.6 is 0 Å². The molecule has 6 heteroatoms. The third-order valence-corrected chi connectivity index (χ3v) is 3.26. The fourth-order valence-electron chi connectivity index (χ4n) is 2.03. The first-order valence-corrected chi connectivity index (χ1v) is 7.22. The molecule has 0 unspecified atom stereocenters. The van der Waals surface area contributed by atoms with Crippen LogP contribution in [-0.2, 0) is 4.74 Å². The first-order valence-electron chi connectivity index (χ1n) is 7.22. The lowest BCUT2D eigenvalue weighted by Gasteiger charge is -2.27. The fraction of sp³-hybridized carbons (Fsp3) is 0.533. The minimum Gasteiger partial charge on any atom is -0.378 e.